The van der Waals surface area contributed by atoms with Crippen LogP contribution in [0.25, 0.3) is 21.5 Å². The number of rotatable bonds is 1. The van der Waals surface area contributed by atoms with E-state index in [-0.39, 0.29) is 17.2 Å². The van der Waals surface area contributed by atoms with Crippen molar-refractivity contribution in [1.29, 1.82) is 0 Å². The van der Waals surface area contributed by atoms with E-state index in [1.165, 1.54) is 0 Å². The number of hydrogen-bond donors (Lipinski definition) is 3. The van der Waals surface area contributed by atoms with Crippen LogP contribution in [0.4, 0.5) is 0 Å². The number of aromatic hydroxyl groups is 3. The summed E-state index contributed by atoms with van der Waals surface area (Å²) in [6.45, 7) is 0. The summed E-state index contributed by atoms with van der Waals surface area (Å²) in [5.74, 6) is 1.20. The van der Waals surface area contributed by atoms with E-state index >= 15 is 0 Å². The molecule has 0 aliphatic heterocycles. The molecule has 0 saturated carbocycles. The van der Waals surface area contributed by atoms with E-state index in [2.05, 4.69) is 0 Å². The van der Waals surface area contributed by atoms with Crippen molar-refractivity contribution >= 4 is 21.5 Å². The van der Waals surface area contributed by atoms with Gasteiger partial charge in [0.1, 0.15) is 23.0 Å². The third-order valence-electron chi connectivity index (χ3n) is 3.93. The number of methoxy groups -OCH3 is 1. The zero-order chi connectivity index (χ0) is 17.8. The van der Waals surface area contributed by atoms with Crippen molar-refractivity contribution in [3.8, 4) is 23.0 Å². The van der Waals surface area contributed by atoms with Crippen LogP contribution in [-0.2, 0) is 0 Å². The highest BCUT2D eigenvalue weighted by Gasteiger charge is 2.04. The molecule has 4 rings (SSSR count). The summed E-state index contributed by atoms with van der Waals surface area (Å²) in [6, 6.07) is 21.4. The van der Waals surface area contributed by atoms with Gasteiger partial charge in [-0.05, 0) is 35.0 Å². The monoisotopic (exact) mass is 334 g/mol. The third kappa shape index (κ3) is 3.28. The van der Waals surface area contributed by atoms with Gasteiger partial charge >= 0.3 is 0 Å². The van der Waals surface area contributed by atoms with E-state index in [1.807, 2.05) is 42.5 Å². The summed E-state index contributed by atoms with van der Waals surface area (Å²) in [4.78, 5) is 0. The highest BCUT2D eigenvalue weighted by atomic mass is 16.5. The molecule has 4 nitrogen and oxygen atoms in total. The summed E-state index contributed by atoms with van der Waals surface area (Å²) in [7, 11) is 1.60. The minimum atomic E-state index is 0.116. The van der Waals surface area contributed by atoms with Crippen molar-refractivity contribution in [3.63, 3.8) is 0 Å². The standard InChI is InChI=1S/C11H10O2.C10H8O2/c1-13-10-7-3-5-8-4-2-6-9(12)11(8)10;11-8-5-1-3-7-4-2-6-9(12)10(7)8/h2-7,12H,1H3;1-6,11-12H. The molecule has 0 amide bonds. The molecule has 0 spiro atoms. The normalized spacial score (nSPS) is 10.3. The molecule has 0 fully saturated rings. The van der Waals surface area contributed by atoms with E-state index in [9.17, 15) is 15.3 Å². The lowest BCUT2D eigenvalue weighted by Gasteiger charge is -2.05. The fourth-order valence-corrected chi connectivity index (χ4v) is 2.76. The Kier molecular flexibility index (Phi) is 4.61. The van der Waals surface area contributed by atoms with Crippen LogP contribution in [0.3, 0.4) is 0 Å². The van der Waals surface area contributed by atoms with E-state index in [1.54, 1.807) is 37.4 Å². The molecule has 0 aliphatic carbocycles. The molecule has 0 radical (unpaired) electrons. The van der Waals surface area contributed by atoms with Gasteiger partial charge in [-0.2, -0.15) is 0 Å². The average molecular weight is 334 g/mol. The smallest absolute Gasteiger partial charge is 0.130 e. The van der Waals surface area contributed by atoms with Crippen molar-refractivity contribution in [2.75, 3.05) is 7.11 Å². The molecule has 4 aromatic rings. The second kappa shape index (κ2) is 7.01. The first-order chi connectivity index (χ1) is 12.1. The van der Waals surface area contributed by atoms with Gasteiger partial charge in [-0.3, -0.25) is 0 Å². The number of benzene rings is 4. The molecule has 0 aromatic heterocycles. The SMILES string of the molecule is COc1cccc2cccc(O)c12.Oc1cccc2cccc(O)c12. The van der Waals surface area contributed by atoms with Gasteiger partial charge in [0.05, 0.1) is 17.9 Å². The van der Waals surface area contributed by atoms with Crippen LogP contribution in [0.5, 0.6) is 23.0 Å². The lowest BCUT2D eigenvalue weighted by atomic mass is 10.1. The van der Waals surface area contributed by atoms with Crippen LogP contribution in [0.2, 0.25) is 0 Å². The Morgan fingerprint density at radius 3 is 1.40 bits per heavy atom. The van der Waals surface area contributed by atoms with Crippen molar-refractivity contribution in [1.82, 2.24) is 0 Å². The first-order valence-corrected chi connectivity index (χ1v) is 7.76. The zero-order valence-electron chi connectivity index (χ0n) is 13.7. The van der Waals surface area contributed by atoms with Gasteiger partial charge in [0, 0.05) is 0 Å². The van der Waals surface area contributed by atoms with Gasteiger partial charge < -0.3 is 20.1 Å². The first kappa shape index (κ1) is 16.5. The van der Waals surface area contributed by atoms with Crippen molar-refractivity contribution in [3.05, 3.63) is 72.8 Å². The minimum Gasteiger partial charge on any atom is -0.507 e. The molecule has 0 heterocycles. The molecule has 0 aliphatic rings. The van der Waals surface area contributed by atoms with Crippen LogP contribution in [0.15, 0.2) is 72.8 Å². The van der Waals surface area contributed by atoms with E-state index in [4.69, 9.17) is 4.74 Å². The van der Waals surface area contributed by atoms with E-state index in [0.717, 1.165) is 16.2 Å². The van der Waals surface area contributed by atoms with Crippen LogP contribution in [0, 0.1) is 0 Å². The maximum absolute atomic E-state index is 9.60. The number of fused-ring (bicyclic) bond motifs is 2. The molecule has 0 bridgehead atoms. The lowest BCUT2D eigenvalue weighted by molar-refractivity contribution is 0.416. The Labute approximate surface area is 145 Å². The minimum absolute atomic E-state index is 0.116. The van der Waals surface area contributed by atoms with Crippen LogP contribution in [-0.4, -0.2) is 22.4 Å². The lowest BCUT2D eigenvalue weighted by Crippen LogP contribution is -1.84. The van der Waals surface area contributed by atoms with E-state index in [0.29, 0.717) is 11.1 Å². The predicted molar refractivity (Wildman–Crippen MR) is 99.4 cm³/mol. The summed E-state index contributed by atoms with van der Waals surface area (Å²) >= 11 is 0. The summed E-state index contributed by atoms with van der Waals surface area (Å²) in [5, 5.41) is 31.5. The fraction of sp³-hybridized carbons (Fsp3) is 0.0476. The van der Waals surface area contributed by atoms with Gasteiger partial charge in [-0.1, -0.05) is 48.5 Å². The number of ether oxygens (including phenoxy) is 1. The Bertz CT molecular complexity index is 983. The van der Waals surface area contributed by atoms with Gasteiger partial charge in [-0.15, -0.1) is 0 Å². The van der Waals surface area contributed by atoms with Gasteiger partial charge in [-0.25, -0.2) is 0 Å². The molecule has 4 aromatic carbocycles. The van der Waals surface area contributed by atoms with Gasteiger partial charge in [0.2, 0.25) is 0 Å². The Hall–Kier alpha value is -3.40. The Balaban J connectivity index is 0.000000146. The van der Waals surface area contributed by atoms with Crippen molar-refractivity contribution in [2.24, 2.45) is 0 Å². The fourth-order valence-electron chi connectivity index (χ4n) is 2.76. The second-order valence-electron chi connectivity index (χ2n) is 5.49. The molecule has 0 unspecified atom stereocenters. The molecule has 4 heteroatoms. The Morgan fingerprint density at radius 2 is 0.960 bits per heavy atom. The van der Waals surface area contributed by atoms with Gasteiger partial charge in [0.25, 0.3) is 0 Å². The number of hydrogen-bond acceptors (Lipinski definition) is 4. The summed E-state index contributed by atoms with van der Waals surface area (Å²) in [6.07, 6.45) is 0. The molecule has 126 valence electrons. The number of phenolic OH excluding ortho intramolecular Hbond substituents is 3. The number of phenols is 3. The quantitative estimate of drug-likeness (QED) is 0.467. The average Bonchev–Trinajstić information content (AvgIpc) is 2.62. The molecular formula is C21H18O4. The van der Waals surface area contributed by atoms with Crippen LogP contribution < -0.4 is 4.74 Å². The molecule has 25 heavy (non-hydrogen) atoms. The summed E-state index contributed by atoms with van der Waals surface area (Å²) < 4.78 is 5.15. The zero-order valence-corrected chi connectivity index (χ0v) is 13.7. The third-order valence-corrected chi connectivity index (χ3v) is 3.93. The highest BCUT2D eigenvalue weighted by molar-refractivity contribution is 5.94. The molecule has 3 N–H and O–H groups in total. The van der Waals surface area contributed by atoms with E-state index < -0.39 is 0 Å². The summed E-state index contributed by atoms with van der Waals surface area (Å²) in [5.41, 5.74) is 0. The predicted octanol–water partition coefficient (Wildman–Crippen LogP) is 4.81. The molecule has 0 saturated heterocycles. The van der Waals surface area contributed by atoms with Crippen LogP contribution >= 0.6 is 0 Å². The van der Waals surface area contributed by atoms with Crippen LogP contribution in [0.1, 0.15) is 0 Å². The second-order valence-corrected chi connectivity index (χ2v) is 5.49. The maximum atomic E-state index is 9.60. The first-order valence-electron chi connectivity index (χ1n) is 7.76. The molecular weight excluding hydrogens is 316 g/mol. The largest absolute Gasteiger partial charge is 0.507 e. The van der Waals surface area contributed by atoms with Crippen molar-refractivity contribution < 1.29 is 20.1 Å². The highest BCUT2D eigenvalue weighted by Crippen LogP contribution is 2.33. The molecule has 0 atom stereocenters. The van der Waals surface area contributed by atoms with Crippen molar-refractivity contribution in [2.45, 2.75) is 0 Å². The maximum Gasteiger partial charge on any atom is 0.130 e. The van der Waals surface area contributed by atoms with Gasteiger partial charge in [0.15, 0.2) is 0 Å². The Morgan fingerprint density at radius 1 is 0.560 bits per heavy atom. The topological polar surface area (TPSA) is 69.9 Å².